The Labute approximate surface area is 74.4 Å². The monoisotopic (exact) mass is 176 g/mol. The highest BCUT2D eigenvalue weighted by molar-refractivity contribution is 5.53. The average molecular weight is 176 g/mol. The third-order valence-electron chi connectivity index (χ3n) is 1.65. The molecule has 0 unspecified atom stereocenters. The highest BCUT2D eigenvalue weighted by atomic mass is 15.4. The summed E-state index contributed by atoms with van der Waals surface area (Å²) in [5.41, 5.74) is 6.98. The van der Waals surface area contributed by atoms with E-state index in [0.717, 1.165) is 11.4 Å². The average Bonchev–Trinajstić information content (AvgIpc) is 2.51. The van der Waals surface area contributed by atoms with E-state index in [0.29, 0.717) is 0 Å². The van der Waals surface area contributed by atoms with Crippen LogP contribution in [0.2, 0.25) is 0 Å². The van der Waals surface area contributed by atoms with E-state index >= 15 is 0 Å². The number of anilines is 1. The van der Waals surface area contributed by atoms with Crippen LogP contribution in [0.5, 0.6) is 0 Å². The first kappa shape index (κ1) is 7.66. The maximum Gasteiger partial charge on any atom is 0.220 e. The van der Waals surface area contributed by atoms with Crippen LogP contribution in [0.3, 0.4) is 0 Å². The standard InChI is InChI=1S/C7H8N6/c1-13-6(4-10-12-13)5-2-3-9-7(8)11-5/h2-4H,1H3,(H2,8,9,11). The minimum atomic E-state index is 0.249. The second-order valence-corrected chi connectivity index (χ2v) is 2.54. The molecule has 2 aromatic rings. The number of rotatable bonds is 1. The van der Waals surface area contributed by atoms with Gasteiger partial charge >= 0.3 is 0 Å². The van der Waals surface area contributed by atoms with Gasteiger partial charge in [0.15, 0.2) is 0 Å². The lowest BCUT2D eigenvalue weighted by Gasteiger charge is -1.99. The summed E-state index contributed by atoms with van der Waals surface area (Å²) in [6, 6.07) is 1.76. The van der Waals surface area contributed by atoms with Crippen LogP contribution in [0.1, 0.15) is 0 Å². The lowest BCUT2D eigenvalue weighted by molar-refractivity contribution is 0.719. The fourth-order valence-electron chi connectivity index (χ4n) is 1.04. The van der Waals surface area contributed by atoms with Crippen molar-refractivity contribution in [3.63, 3.8) is 0 Å². The zero-order chi connectivity index (χ0) is 9.26. The quantitative estimate of drug-likeness (QED) is 0.653. The second-order valence-electron chi connectivity index (χ2n) is 2.54. The Kier molecular flexibility index (Phi) is 1.66. The molecule has 6 heteroatoms. The van der Waals surface area contributed by atoms with Gasteiger partial charge in [-0.3, -0.25) is 0 Å². The molecule has 2 heterocycles. The van der Waals surface area contributed by atoms with Gasteiger partial charge in [-0.25, -0.2) is 14.6 Å². The van der Waals surface area contributed by atoms with Crippen molar-refractivity contribution < 1.29 is 0 Å². The van der Waals surface area contributed by atoms with Crippen molar-refractivity contribution >= 4 is 5.95 Å². The first-order chi connectivity index (χ1) is 6.27. The number of hydrogen-bond acceptors (Lipinski definition) is 5. The molecule has 0 atom stereocenters. The topological polar surface area (TPSA) is 82.5 Å². The fraction of sp³-hybridized carbons (Fsp3) is 0.143. The molecule has 0 aromatic carbocycles. The van der Waals surface area contributed by atoms with E-state index in [1.165, 1.54) is 0 Å². The summed E-state index contributed by atoms with van der Waals surface area (Å²) in [6.45, 7) is 0. The summed E-state index contributed by atoms with van der Waals surface area (Å²) in [5, 5.41) is 7.53. The van der Waals surface area contributed by atoms with Crippen LogP contribution < -0.4 is 5.73 Å². The number of hydrogen-bond donors (Lipinski definition) is 1. The van der Waals surface area contributed by atoms with E-state index in [2.05, 4.69) is 20.3 Å². The van der Waals surface area contributed by atoms with Gasteiger partial charge in [-0.15, -0.1) is 5.10 Å². The second kappa shape index (κ2) is 2.81. The molecule has 2 N–H and O–H groups in total. The van der Waals surface area contributed by atoms with E-state index in [9.17, 15) is 0 Å². The molecule has 0 saturated carbocycles. The third kappa shape index (κ3) is 1.33. The van der Waals surface area contributed by atoms with Gasteiger partial charge in [0.2, 0.25) is 5.95 Å². The summed E-state index contributed by atoms with van der Waals surface area (Å²) in [6.07, 6.45) is 3.23. The minimum Gasteiger partial charge on any atom is -0.368 e. The van der Waals surface area contributed by atoms with Crippen molar-refractivity contribution in [1.29, 1.82) is 0 Å². The molecular formula is C7H8N6. The van der Waals surface area contributed by atoms with Crippen molar-refractivity contribution in [2.75, 3.05) is 5.73 Å². The number of nitrogen functional groups attached to an aromatic ring is 1. The van der Waals surface area contributed by atoms with Crippen LogP contribution in [0.25, 0.3) is 11.4 Å². The normalized spacial score (nSPS) is 10.2. The van der Waals surface area contributed by atoms with Gasteiger partial charge in [-0.1, -0.05) is 5.21 Å². The molecule has 0 aliphatic carbocycles. The van der Waals surface area contributed by atoms with Gasteiger partial charge in [0.25, 0.3) is 0 Å². The van der Waals surface area contributed by atoms with Crippen LogP contribution in [0.4, 0.5) is 5.95 Å². The Morgan fingerprint density at radius 3 is 2.92 bits per heavy atom. The Morgan fingerprint density at radius 2 is 2.31 bits per heavy atom. The van der Waals surface area contributed by atoms with Crippen LogP contribution in [0, 0.1) is 0 Å². The van der Waals surface area contributed by atoms with E-state index in [-0.39, 0.29) is 5.95 Å². The van der Waals surface area contributed by atoms with Crippen LogP contribution in [-0.4, -0.2) is 25.0 Å². The van der Waals surface area contributed by atoms with Gasteiger partial charge in [-0.2, -0.15) is 0 Å². The lowest BCUT2D eigenvalue weighted by Crippen LogP contribution is -1.99. The van der Waals surface area contributed by atoms with E-state index in [4.69, 9.17) is 5.73 Å². The smallest absolute Gasteiger partial charge is 0.220 e. The molecule has 13 heavy (non-hydrogen) atoms. The van der Waals surface area contributed by atoms with Gasteiger partial charge in [0, 0.05) is 13.2 Å². The third-order valence-corrected chi connectivity index (χ3v) is 1.65. The van der Waals surface area contributed by atoms with Gasteiger partial charge in [0.05, 0.1) is 11.9 Å². The zero-order valence-corrected chi connectivity index (χ0v) is 7.05. The summed E-state index contributed by atoms with van der Waals surface area (Å²) in [5.74, 6) is 0.249. The maximum absolute atomic E-state index is 5.44. The highest BCUT2D eigenvalue weighted by Crippen LogP contribution is 2.13. The summed E-state index contributed by atoms with van der Waals surface area (Å²) >= 11 is 0. The number of nitrogens with two attached hydrogens (primary N) is 1. The fourth-order valence-corrected chi connectivity index (χ4v) is 1.04. The SMILES string of the molecule is Cn1nncc1-c1ccnc(N)n1. The van der Waals surface area contributed by atoms with Crippen LogP contribution in [-0.2, 0) is 7.05 Å². The van der Waals surface area contributed by atoms with Gasteiger partial charge < -0.3 is 5.73 Å². The van der Waals surface area contributed by atoms with E-state index in [1.54, 1.807) is 30.2 Å². The Hall–Kier alpha value is -1.98. The molecule has 0 aliphatic heterocycles. The summed E-state index contributed by atoms with van der Waals surface area (Å²) < 4.78 is 1.63. The first-order valence-corrected chi connectivity index (χ1v) is 3.71. The van der Waals surface area contributed by atoms with Gasteiger partial charge in [-0.05, 0) is 6.07 Å². The van der Waals surface area contributed by atoms with Crippen LogP contribution in [0.15, 0.2) is 18.5 Å². The molecule has 0 radical (unpaired) electrons. The van der Waals surface area contributed by atoms with Crippen molar-refractivity contribution in [3.8, 4) is 11.4 Å². The van der Waals surface area contributed by atoms with Crippen molar-refractivity contribution in [1.82, 2.24) is 25.0 Å². The lowest BCUT2D eigenvalue weighted by atomic mass is 10.3. The largest absolute Gasteiger partial charge is 0.368 e. The molecule has 0 fully saturated rings. The molecular weight excluding hydrogens is 168 g/mol. The minimum absolute atomic E-state index is 0.249. The Bertz CT molecular complexity index is 420. The van der Waals surface area contributed by atoms with Gasteiger partial charge in [0.1, 0.15) is 5.69 Å². The van der Waals surface area contributed by atoms with Crippen molar-refractivity contribution in [2.45, 2.75) is 0 Å². The van der Waals surface area contributed by atoms with E-state index in [1.807, 2.05) is 0 Å². The molecule has 6 nitrogen and oxygen atoms in total. The maximum atomic E-state index is 5.44. The number of aromatic nitrogens is 5. The zero-order valence-electron chi connectivity index (χ0n) is 7.05. The Balaban J connectivity index is 2.53. The molecule has 0 amide bonds. The molecule has 0 saturated heterocycles. The number of nitrogens with zero attached hydrogens (tertiary/aromatic N) is 5. The molecule has 0 bridgehead atoms. The van der Waals surface area contributed by atoms with Crippen molar-refractivity contribution in [3.05, 3.63) is 18.5 Å². The summed E-state index contributed by atoms with van der Waals surface area (Å²) in [7, 11) is 1.79. The first-order valence-electron chi connectivity index (χ1n) is 3.71. The number of aryl methyl sites for hydroxylation is 1. The molecule has 0 spiro atoms. The molecule has 2 rings (SSSR count). The molecule has 0 aliphatic rings. The predicted octanol–water partition coefficient (Wildman–Crippen LogP) is -0.146. The van der Waals surface area contributed by atoms with Crippen molar-refractivity contribution in [2.24, 2.45) is 7.05 Å². The Morgan fingerprint density at radius 1 is 1.46 bits per heavy atom. The summed E-state index contributed by atoms with van der Waals surface area (Å²) in [4.78, 5) is 7.84. The molecule has 2 aromatic heterocycles. The predicted molar refractivity (Wildman–Crippen MR) is 46.4 cm³/mol. The molecule has 66 valence electrons. The van der Waals surface area contributed by atoms with Crippen LogP contribution >= 0.6 is 0 Å². The highest BCUT2D eigenvalue weighted by Gasteiger charge is 2.04. The van der Waals surface area contributed by atoms with E-state index < -0.39 is 0 Å².